The molecule has 0 bridgehead atoms. The molecule has 7 heteroatoms. The van der Waals surface area contributed by atoms with Crippen molar-refractivity contribution in [3.8, 4) is 0 Å². The number of rotatable bonds is 0. The molecule has 7 nitrogen and oxygen atoms in total. The molecular formula is C15H27N3O4. The lowest BCUT2D eigenvalue weighted by Crippen LogP contribution is -2.67. The van der Waals surface area contributed by atoms with E-state index in [-0.39, 0.29) is 12.1 Å². The van der Waals surface area contributed by atoms with Gasteiger partial charge in [0.05, 0.1) is 5.54 Å². The Morgan fingerprint density at radius 3 is 2.41 bits per heavy atom. The zero-order valence-electron chi connectivity index (χ0n) is 14.3. The number of nitrogens with one attached hydrogen (secondary N) is 1. The third-order valence-corrected chi connectivity index (χ3v) is 4.68. The first-order valence-corrected chi connectivity index (χ1v) is 7.61. The molecule has 2 aliphatic rings. The number of piperidine rings is 1. The van der Waals surface area contributed by atoms with Crippen molar-refractivity contribution in [1.29, 1.82) is 0 Å². The Hall–Kier alpha value is -1.50. The number of hydrogen-bond acceptors (Lipinski definition) is 4. The first-order chi connectivity index (χ1) is 9.90. The maximum Gasteiger partial charge on any atom is 0.410 e. The summed E-state index contributed by atoms with van der Waals surface area (Å²) in [7, 11) is 1.57. The van der Waals surface area contributed by atoms with Crippen LogP contribution in [0, 0.1) is 5.41 Å². The van der Waals surface area contributed by atoms with Gasteiger partial charge in [-0.2, -0.15) is 0 Å². The van der Waals surface area contributed by atoms with Crippen molar-refractivity contribution in [2.45, 2.75) is 58.4 Å². The summed E-state index contributed by atoms with van der Waals surface area (Å²) in [6, 6.07) is -0.286. The highest BCUT2D eigenvalue weighted by Crippen LogP contribution is 2.44. The highest BCUT2D eigenvalue weighted by molar-refractivity contribution is 5.78. The normalized spacial score (nSPS) is 31.4. The molecule has 2 heterocycles. The summed E-state index contributed by atoms with van der Waals surface area (Å²) in [6.45, 7) is 10.2. The number of ether oxygens (including phenoxy) is 1. The zero-order chi connectivity index (χ0) is 16.9. The van der Waals surface area contributed by atoms with Crippen LogP contribution in [0.25, 0.3) is 0 Å². The largest absolute Gasteiger partial charge is 0.444 e. The highest BCUT2D eigenvalue weighted by Gasteiger charge is 2.60. The molecule has 2 saturated heterocycles. The molecule has 3 amide bonds. The van der Waals surface area contributed by atoms with Crippen molar-refractivity contribution in [3.63, 3.8) is 0 Å². The Balaban J connectivity index is 2.17. The van der Waals surface area contributed by atoms with Crippen LogP contribution in [0.1, 0.15) is 41.0 Å². The number of urea groups is 1. The quantitative estimate of drug-likeness (QED) is 0.707. The van der Waals surface area contributed by atoms with Crippen molar-refractivity contribution in [3.05, 3.63) is 0 Å². The second-order valence-electron chi connectivity index (χ2n) is 7.92. The number of carbonyl (C=O) groups excluding carboxylic acids is 2. The van der Waals surface area contributed by atoms with Crippen LogP contribution in [0.5, 0.6) is 0 Å². The summed E-state index contributed by atoms with van der Waals surface area (Å²) in [5.74, 6) is 0. The van der Waals surface area contributed by atoms with E-state index < -0.39 is 22.8 Å². The maximum absolute atomic E-state index is 12.3. The fourth-order valence-electron chi connectivity index (χ4n) is 3.32. The summed E-state index contributed by atoms with van der Waals surface area (Å²) >= 11 is 0. The minimum Gasteiger partial charge on any atom is -0.444 e. The Morgan fingerprint density at radius 2 is 2.00 bits per heavy atom. The SMILES string of the molecule is CN1C(=O)NC2(CCN(C(=O)OC(C)(C)C)CC2(C)C)C1O. The molecule has 0 saturated carbocycles. The molecule has 1 spiro atoms. The van der Waals surface area contributed by atoms with Crippen LogP contribution in [-0.4, -0.2) is 64.5 Å². The van der Waals surface area contributed by atoms with Crippen LogP contribution in [0.15, 0.2) is 0 Å². The molecule has 0 aromatic heterocycles. The van der Waals surface area contributed by atoms with Gasteiger partial charge in [0.1, 0.15) is 5.60 Å². The number of amides is 3. The number of aliphatic hydroxyl groups excluding tert-OH is 1. The van der Waals surface area contributed by atoms with Crippen molar-refractivity contribution < 1.29 is 19.4 Å². The maximum atomic E-state index is 12.3. The average molecular weight is 313 g/mol. The third-order valence-electron chi connectivity index (χ3n) is 4.68. The second kappa shape index (κ2) is 5.01. The first-order valence-electron chi connectivity index (χ1n) is 7.61. The van der Waals surface area contributed by atoms with Gasteiger partial charge in [-0.3, -0.25) is 4.90 Å². The Kier molecular flexibility index (Phi) is 3.84. The molecule has 0 radical (unpaired) electrons. The molecule has 0 aromatic carbocycles. The number of hydrogen-bond donors (Lipinski definition) is 2. The summed E-state index contributed by atoms with van der Waals surface area (Å²) in [4.78, 5) is 27.1. The van der Waals surface area contributed by atoms with Crippen LogP contribution in [-0.2, 0) is 4.74 Å². The van der Waals surface area contributed by atoms with Gasteiger partial charge in [0.25, 0.3) is 0 Å². The fraction of sp³-hybridized carbons (Fsp3) is 0.867. The molecular weight excluding hydrogens is 286 g/mol. The van der Waals surface area contributed by atoms with Crippen LogP contribution in [0.2, 0.25) is 0 Å². The van der Waals surface area contributed by atoms with Crippen LogP contribution >= 0.6 is 0 Å². The molecule has 2 unspecified atom stereocenters. The van der Waals surface area contributed by atoms with Crippen molar-refractivity contribution >= 4 is 12.1 Å². The van der Waals surface area contributed by atoms with Crippen LogP contribution in [0.4, 0.5) is 9.59 Å². The van der Waals surface area contributed by atoms with E-state index in [1.54, 1.807) is 11.9 Å². The van der Waals surface area contributed by atoms with E-state index in [2.05, 4.69) is 5.32 Å². The van der Waals surface area contributed by atoms with Crippen LogP contribution in [0.3, 0.4) is 0 Å². The number of likely N-dealkylation sites (N-methyl/N-ethyl adjacent to an activating group) is 1. The van der Waals surface area contributed by atoms with Crippen molar-refractivity contribution in [2.24, 2.45) is 5.41 Å². The Bertz CT molecular complexity index is 486. The summed E-state index contributed by atoms with van der Waals surface area (Å²) in [6.07, 6.45) is -0.783. The van der Waals surface area contributed by atoms with Gasteiger partial charge in [-0.1, -0.05) is 13.8 Å². The van der Waals surface area contributed by atoms with Gasteiger partial charge in [-0.25, -0.2) is 9.59 Å². The molecule has 2 atom stereocenters. The monoisotopic (exact) mass is 313 g/mol. The summed E-state index contributed by atoms with van der Waals surface area (Å²) < 4.78 is 5.42. The van der Waals surface area contributed by atoms with Gasteiger partial charge in [0.15, 0.2) is 6.23 Å². The standard InChI is InChI=1S/C15H27N3O4/c1-13(2,3)22-12(21)18-8-7-15(14(4,5)9-18)10(19)17(6)11(20)16-15/h10,19H,7-9H2,1-6H3,(H,16,20). The lowest BCUT2D eigenvalue weighted by atomic mass is 9.66. The second-order valence-corrected chi connectivity index (χ2v) is 7.92. The molecule has 0 aromatic rings. The van der Waals surface area contributed by atoms with Crippen molar-refractivity contribution in [2.75, 3.05) is 20.1 Å². The molecule has 0 aliphatic carbocycles. The lowest BCUT2D eigenvalue weighted by molar-refractivity contribution is -0.0827. The zero-order valence-corrected chi connectivity index (χ0v) is 14.3. The lowest BCUT2D eigenvalue weighted by Gasteiger charge is -2.52. The van der Waals surface area contributed by atoms with Gasteiger partial charge in [-0.05, 0) is 27.2 Å². The smallest absolute Gasteiger partial charge is 0.410 e. The van der Waals surface area contributed by atoms with E-state index in [0.29, 0.717) is 19.5 Å². The number of carbonyl (C=O) groups is 2. The number of likely N-dealkylation sites (tertiary alicyclic amines) is 1. The average Bonchev–Trinajstić information content (AvgIpc) is 2.57. The molecule has 2 aliphatic heterocycles. The van der Waals surface area contributed by atoms with Gasteiger partial charge >= 0.3 is 12.1 Å². The first kappa shape index (κ1) is 16.9. The Morgan fingerprint density at radius 1 is 1.41 bits per heavy atom. The number of aliphatic hydroxyl groups is 1. The molecule has 2 N–H and O–H groups in total. The van der Waals surface area contributed by atoms with Crippen molar-refractivity contribution in [1.82, 2.24) is 15.1 Å². The molecule has 22 heavy (non-hydrogen) atoms. The van der Waals surface area contributed by atoms with Crippen LogP contribution < -0.4 is 5.32 Å². The van der Waals surface area contributed by atoms with Gasteiger partial charge in [-0.15, -0.1) is 0 Å². The van der Waals surface area contributed by atoms with E-state index in [1.165, 1.54) is 4.90 Å². The van der Waals surface area contributed by atoms with Gasteiger partial charge < -0.3 is 20.1 Å². The predicted molar refractivity (Wildman–Crippen MR) is 81.2 cm³/mol. The van der Waals surface area contributed by atoms with E-state index in [4.69, 9.17) is 4.74 Å². The summed E-state index contributed by atoms with van der Waals surface area (Å²) in [5.41, 5.74) is -1.78. The van der Waals surface area contributed by atoms with E-state index >= 15 is 0 Å². The summed E-state index contributed by atoms with van der Waals surface area (Å²) in [5, 5.41) is 13.4. The predicted octanol–water partition coefficient (Wildman–Crippen LogP) is 1.37. The third kappa shape index (κ3) is 2.62. The fourth-order valence-corrected chi connectivity index (χ4v) is 3.32. The molecule has 2 rings (SSSR count). The minimum atomic E-state index is -0.907. The highest BCUT2D eigenvalue weighted by atomic mass is 16.6. The van der Waals surface area contributed by atoms with E-state index in [1.807, 2.05) is 34.6 Å². The molecule has 126 valence electrons. The Labute approximate surface area is 131 Å². The number of nitrogens with zero attached hydrogens (tertiary/aromatic N) is 2. The topological polar surface area (TPSA) is 82.1 Å². The van der Waals surface area contributed by atoms with E-state index in [0.717, 1.165) is 0 Å². The minimum absolute atomic E-state index is 0.286. The van der Waals surface area contributed by atoms with Gasteiger partial charge in [0.2, 0.25) is 0 Å². The molecule has 2 fully saturated rings. The van der Waals surface area contributed by atoms with E-state index in [9.17, 15) is 14.7 Å². The van der Waals surface area contributed by atoms with Gasteiger partial charge in [0, 0.05) is 25.6 Å².